The third-order valence-electron chi connectivity index (χ3n) is 3.64. The molecule has 1 aliphatic carbocycles. The van der Waals surface area contributed by atoms with Gasteiger partial charge in [0.15, 0.2) is 0 Å². The summed E-state index contributed by atoms with van der Waals surface area (Å²) in [5.74, 6) is 0.957. The van der Waals surface area contributed by atoms with Crippen LogP contribution in [0.3, 0.4) is 0 Å². The Labute approximate surface area is 93.2 Å². The van der Waals surface area contributed by atoms with Crippen LogP contribution in [0.5, 0.6) is 0 Å². The average molecular weight is 212 g/mol. The molecule has 2 fully saturated rings. The molecule has 0 bridgehead atoms. The second-order valence-electron chi connectivity index (χ2n) is 5.60. The van der Waals surface area contributed by atoms with Gasteiger partial charge in [-0.15, -0.1) is 0 Å². The van der Waals surface area contributed by atoms with Crippen molar-refractivity contribution in [2.24, 2.45) is 5.92 Å². The number of ether oxygens (including phenoxy) is 1. The minimum atomic E-state index is -0.00849. The van der Waals surface area contributed by atoms with Gasteiger partial charge < -0.3 is 10.1 Å². The Morgan fingerprint density at radius 1 is 1.40 bits per heavy atom. The van der Waals surface area contributed by atoms with E-state index in [0.29, 0.717) is 0 Å². The molecule has 0 amide bonds. The quantitative estimate of drug-likeness (QED) is 0.755. The summed E-state index contributed by atoms with van der Waals surface area (Å²) in [7, 11) is 1.81. The molecule has 2 rings (SSSR count). The molecule has 3 heteroatoms. The predicted octanol–water partition coefficient (Wildman–Crippen LogP) is 1.10. The molecular weight excluding hydrogens is 188 g/mol. The van der Waals surface area contributed by atoms with Crippen LogP contribution in [-0.4, -0.2) is 49.8 Å². The molecule has 88 valence electrons. The molecule has 2 aliphatic rings. The van der Waals surface area contributed by atoms with Crippen LogP contribution >= 0.6 is 0 Å². The van der Waals surface area contributed by atoms with E-state index in [0.717, 1.165) is 31.6 Å². The summed E-state index contributed by atoms with van der Waals surface area (Å²) in [5, 5.41) is 3.63. The Morgan fingerprint density at radius 3 is 2.73 bits per heavy atom. The number of hydrogen-bond acceptors (Lipinski definition) is 3. The molecule has 0 aromatic rings. The lowest BCUT2D eigenvalue weighted by Crippen LogP contribution is -2.54. The maximum absolute atomic E-state index is 5.49. The summed E-state index contributed by atoms with van der Waals surface area (Å²) >= 11 is 0. The molecule has 3 nitrogen and oxygen atoms in total. The van der Waals surface area contributed by atoms with Gasteiger partial charge in [0.05, 0.1) is 5.60 Å². The topological polar surface area (TPSA) is 24.5 Å². The zero-order valence-corrected chi connectivity index (χ0v) is 10.3. The zero-order chi connectivity index (χ0) is 10.9. The van der Waals surface area contributed by atoms with Crippen molar-refractivity contribution in [2.45, 2.75) is 38.3 Å². The largest absolute Gasteiger partial charge is 0.377 e. The third-order valence-corrected chi connectivity index (χ3v) is 3.64. The maximum Gasteiger partial charge on any atom is 0.0749 e. The van der Waals surface area contributed by atoms with Crippen molar-refractivity contribution in [1.82, 2.24) is 10.2 Å². The van der Waals surface area contributed by atoms with Crippen molar-refractivity contribution in [3.8, 4) is 0 Å². The minimum Gasteiger partial charge on any atom is -0.377 e. The van der Waals surface area contributed by atoms with Crippen LogP contribution in [0.2, 0.25) is 0 Å². The fourth-order valence-electron chi connectivity index (χ4n) is 2.40. The molecule has 0 radical (unpaired) electrons. The van der Waals surface area contributed by atoms with E-state index in [2.05, 4.69) is 24.1 Å². The standard InChI is InChI=1S/C12H24N2O/c1-12(2,15-3)9-14-7-6-13-11(8-14)10-4-5-10/h10-11,13H,4-9H2,1-3H3. The van der Waals surface area contributed by atoms with Gasteiger partial charge in [-0.1, -0.05) is 0 Å². The molecule has 1 N–H and O–H groups in total. The summed E-state index contributed by atoms with van der Waals surface area (Å²) in [6.45, 7) is 8.89. The minimum absolute atomic E-state index is 0.00849. The van der Waals surface area contributed by atoms with Crippen LogP contribution in [0.25, 0.3) is 0 Å². The van der Waals surface area contributed by atoms with Crippen LogP contribution in [0.4, 0.5) is 0 Å². The highest BCUT2D eigenvalue weighted by atomic mass is 16.5. The summed E-state index contributed by atoms with van der Waals surface area (Å²) in [4.78, 5) is 2.54. The van der Waals surface area contributed by atoms with Crippen molar-refractivity contribution in [3.63, 3.8) is 0 Å². The van der Waals surface area contributed by atoms with E-state index in [1.165, 1.54) is 19.4 Å². The SMILES string of the molecule is COC(C)(C)CN1CCNC(C2CC2)C1. The average Bonchev–Trinajstić information content (AvgIpc) is 3.01. The normalized spacial score (nSPS) is 29.4. The van der Waals surface area contributed by atoms with Crippen LogP contribution in [0, 0.1) is 5.92 Å². The first-order valence-electron chi connectivity index (χ1n) is 6.11. The highest BCUT2D eigenvalue weighted by Gasteiger charge is 2.35. The second kappa shape index (κ2) is 4.40. The Balaban J connectivity index is 1.81. The van der Waals surface area contributed by atoms with E-state index >= 15 is 0 Å². The fourth-order valence-corrected chi connectivity index (χ4v) is 2.40. The van der Waals surface area contributed by atoms with Gasteiger partial charge in [0.1, 0.15) is 0 Å². The van der Waals surface area contributed by atoms with Crippen molar-refractivity contribution in [2.75, 3.05) is 33.3 Å². The van der Waals surface area contributed by atoms with Gasteiger partial charge >= 0.3 is 0 Å². The number of hydrogen-bond donors (Lipinski definition) is 1. The molecule has 15 heavy (non-hydrogen) atoms. The Kier molecular flexibility index (Phi) is 3.33. The lowest BCUT2D eigenvalue weighted by Gasteiger charge is -2.38. The monoisotopic (exact) mass is 212 g/mol. The summed E-state index contributed by atoms with van der Waals surface area (Å²) in [6, 6.07) is 0.742. The van der Waals surface area contributed by atoms with Crippen molar-refractivity contribution >= 4 is 0 Å². The summed E-state index contributed by atoms with van der Waals surface area (Å²) in [5.41, 5.74) is -0.00849. The first-order valence-corrected chi connectivity index (χ1v) is 6.11. The smallest absolute Gasteiger partial charge is 0.0749 e. The number of methoxy groups -OCH3 is 1. The maximum atomic E-state index is 5.49. The first-order chi connectivity index (χ1) is 7.11. The van der Waals surface area contributed by atoms with Crippen molar-refractivity contribution in [1.29, 1.82) is 0 Å². The Morgan fingerprint density at radius 2 is 2.13 bits per heavy atom. The summed E-state index contributed by atoms with van der Waals surface area (Å²) in [6.07, 6.45) is 2.86. The van der Waals surface area contributed by atoms with E-state index < -0.39 is 0 Å². The fraction of sp³-hybridized carbons (Fsp3) is 1.00. The molecular formula is C12H24N2O. The number of piperazine rings is 1. The van der Waals surface area contributed by atoms with E-state index in [1.54, 1.807) is 7.11 Å². The zero-order valence-electron chi connectivity index (χ0n) is 10.3. The van der Waals surface area contributed by atoms with Crippen LogP contribution in [-0.2, 0) is 4.74 Å². The molecule has 1 saturated carbocycles. The van der Waals surface area contributed by atoms with Gasteiger partial charge in [0, 0.05) is 39.3 Å². The van der Waals surface area contributed by atoms with E-state index in [-0.39, 0.29) is 5.60 Å². The second-order valence-corrected chi connectivity index (χ2v) is 5.60. The van der Waals surface area contributed by atoms with E-state index in [1.807, 2.05) is 0 Å². The molecule has 1 unspecified atom stereocenters. The lowest BCUT2D eigenvalue weighted by molar-refractivity contribution is -0.0140. The molecule has 0 aromatic carbocycles. The van der Waals surface area contributed by atoms with Crippen molar-refractivity contribution in [3.05, 3.63) is 0 Å². The molecule has 1 aliphatic heterocycles. The van der Waals surface area contributed by atoms with E-state index in [9.17, 15) is 0 Å². The van der Waals surface area contributed by atoms with Crippen LogP contribution in [0.1, 0.15) is 26.7 Å². The Bertz CT molecular complexity index is 214. The number of nitrogens with one attached hydrogen (secondary N) is 1. The van der Waals surface area contributed by atoms with Crippen LogP contribution in [0.15, 0.2) is 0 Å². The molecule has 0 aromatic heterocycles. The molecule has 1 heterocycles. The van der Waals surface area contributed by atoms with Gasteiger partial charge in [-0.25, -0.2) is 0 Å². The van der Waals surface area contributed by atoms with Gasteiger partial charge in [-0.3, -0.25) is 4.90 Å². The van der Waals surface area contributed by atoms with Gasteiger partial charge in [-0.05, 0) is 32.6 Å². The van der Waals surface area contributed by atoms with Crippen LogP contribution < -0.4 is 5.32 Å². The lowest BCUT2D eigenvalue weighted by atomic mass is 10.1. The van der Waals surface area contributed by atoms with Crippen molar-refractivity contribution < 1.29 is 4.74 Å². The first kappa shape index (κ1) is 11.4. The number of rotatable bonds is 4. The van der Waals surface area contributed by atoms with Gasteiger partial charge in [0.2, 0.25) is 0 Å². The highest BCUT2D eigenvalue weighted by molar-refractivity contribution is 4.92. The highest BCUT2D eigenvalue weighted by Crippen LogP contribution is 2.33. The Hall–Kier alpha value is -0.120. The van der Waals surface area contributed by atoms with Gasteiger partial charge in [-0.2, -0.15) is 0 Å². The predicted molar refractivity (Wildman–Crippen MR) is 62.0 cm³/mol. The molecule has 1 atom stereocenters. The number of nitrogens with zero attached hydrogens (tertiary/aromatic N) is 1. The molecule has 0 spiro atoms. The summed E-state index contributed by atoms with van der Waals surface area (Å²) < 4.78 is 5.49. The van der Waals surface area contributed by atoms with E-state index in [4.69, 9.17) is 4.74 Å². The molecule has 1 saturated heterocycles. The third kappa shape index (κ3) is 3.16. The van der Waals surface area contributed by atoms with Gasteiger partial charge in [0.25, 0.3) is 0 Å².